The molecule has 2 rings (SSSR count). The molecule has 0 amide bonds. The van der Waals surface area contributed by atoms with Crippen molar-refractivity contribution >= 4 is 35.7 Å². The van der Waals surface area contributed by atoms with E-state index in [0.717, 1.165) is 32.5 Å². The van der Waals surface area contributed by atoms with Crippen molar-refractivity contribution < 1.29 is 50.3 Å². The van der Waals surface area contributed by atoms with E-state index in [9.17, 15) is 0 Å². The third-order valence-electron chi connectivity index (χ3n) is 3.25. The number of aliphatic imine (C=N–C) groups is 2. The third-order valence-corrected chi connectivity index (χ3v) is 3.70. The van der Waals surface area contributed by atoms with Crippen LogP contribution in [-0.4, -0.2) is 35.8 Å². The van der Waals surface area contributed by atoms with Crippen molar-refractivity contribution in [2.24, 2.45) is 15.9 Å². The Balaban J connectivity index is 0. The van der Waals surface area contributed by atoms with Crippen LogP contribution in [-0.2, 0) is 75.6 Å². The maximum Gasteiger partial charge on any atom is 0.0876 e. The first-order valence-electron chi connectivity index (χ1n) is 6.74. The van der Waals surface area contributed by atoms with E-state index in [2.05, 4.69) is 30.8 Å². The number of ether oxygens (including phenoxy) is 2. The van der Waals surface area contributed by atoms with Gasteiger partial charge in [0.25, 0.3) is 0 Å². The van der Waals surface area contributed by atoms with Gasteiger partial charge < -0.3 is 34.7 Å². The number of rotatable bonds is 0. The number of hydrogen-bond donors (Lipinski definition) is 0. The molecule has 0 fully saturated rings. The second kappa shape index (κ2) is 13.2. The number of hydrogen-bond acceptors (Lipinski definition) is 6. The topological polar surface area (TPSA) is 43.2 Å². The van der Waals surface area contributed by atoms with E-state index in [0.29, 0.717) is 28.5 Å². The second-order valence-corrected chi connectivity index (χ2v) is 5.68. The zero-order chi connectivity index (χ0) is 14.3. The summed E-state index contributed by atoms with van der Waals surface area (Å²) in [6.07, 6.45) is 3.23. The molecule has 4 nitrogen and oxygen atoms in total. The molecular formula is C13H22N2O2Re2S2-2. The van der Waals surface area contributed by atoms with Gasteiger partial charge in [-0.2, -0.15) is 0 Å². The van der Waals surface area contributed by atoms with Crippen molar-refractivity contribution in [2.45, 2.75) is 52.1 Å². The van der Waals surface area contributed by atoms with Crippen molar-refractivity contribution in [2.75, 3.05) is 13.2 Å². The molecule has 3 unspecified atom stereocenters. The maximum absolute atomic E-state index is 5.11. The van der Waals surface area contributed by atoms with Crippen molar-refractivity contribution in [1.82, 2.24) is 0 Å². The second-order valence-electron chi connectivity index (χ2n) is 4.98. The van der Waals surface area contributed by atoms with Crippen LogP contribution in [0.3, 0.4) is 0 Å². The molecule has 0 saturated heterocycles. The van der Waals surface area contributed by atoms with Gasteiger partial charge in [-0.1, -0.05) is 6.92 Å². The molecule has 2 aliphatic rings. The first-order valence-corrected chi connectivity index (χ1v) is 7.56. The average Bonchev–Trinajstić information content (AvgIpc) is 2.60. The molecule has 0 aromatic heterocycles. The fourth-order valence-electron chi connectivity index (χ4n) is 1.72. The molecule has 2 radical (unpaired) electrons. The molecule has 2 heterocycles. The molecule has 0 aliphatic carbocycles. The van der Waals surface area contributed by atoms with Crippen molar-refractivity contribution in [3.63, 3.8) is 0 Å². The van der Waals surface area contributed by atoms with Crippen LogP contribution in [0.1, 0.15) is 40.0 Å². The zero-order valence-electron chi connectivity index (χ0n) is 12.6. The summed E-state index contributed by atoms with van der Waals surface area (Å²) in [4.78, 5) is 8.25. The average molecular weight is 675 g/mol. The monoisotopic (exact) mass is 676 g/mol. The van der Waals surface area contributed by atoms with Crippen LogP contribution < -0.4 is 0 Å². The quantitative estimate of drug-likeness (QED) is 0.371. The molecule has 124 valence electrons. The van der Waals surface area contributed by atoms with Gasteiger partial charge >= 0.3 is 0 Å². The molecule has 21 heavy (non-hydrogen) atoms. The van der Waals surface area contributed by atoms with E-state index >= 15 is 0 Å². The first kappa shape index (κ1) is 24.0. The van der Waals surface area contributed by atoms with Gasteiger partial charge in [0.1, 0.15) is 0 Å². The van der Waals surface area contributed by atoms with Gasteiger partial charge in [0, 0.05) is 46.9 Å². The Kier molecular flexibility index (Phi) is 15.0. The van der Waals surface area contributed by atoms with Crippen LogP contribution in [0.15, 0.2) is 9.98 Å². The minimum atomic E-state index is 0. The Hall–Kier alpha value is 0.705. The molecule has 3 atom stereocenters. The van der Waals surface area contributed by atoms with E-state index < -0.39 is 0 Å². The molecular weight excluding hydrogens is 653 g/mol. The molecule has 0 spiro atoms. The smallest absolute Gasteiger partial charge is 0.0876 e. The Morgan fingerprint density at radius 2 is 1.48 bits per heavy atom. The van der Waals surface area contributed by atoms with Crippen LogP contribution in [0.5, 0.6) is 0 Å². The fourth-order valence-corrected chi connectivity index (χ4v) is 2.24. The summed E-state index contributed by atoms with van der Waals surface area (Å²) >= 11 is 9.61. The van der Waals surface area contributed by atoms with Gasteiger partial charge in [-0.3, -0.25) is 9.98 Å². The van der Waals surface area contributed by atoms with Crippen LogP contribution >= 0.6 is 0 Å². The molecule has 0 aromatic rings. The predicted octanol–water partition coefficient (Wildman–Crippen LogP) is 2.42. The van der Waals surface area contributed by atoms with E-state index in [1.165, 1.54) is 0 Å². The van der Waals surface area contributed by atoms with E-state index in [1.54, 1.807) is 0 Å². The van der Waals surface area contributed by atoms with Gasteiger partial charge in [-0.25, -0.2) is 0 Å². The molecule has 0 bridgehead atoms. The van der Waals surface area contributed by atoms with E-state index in [1.807, 2.05) is 0 Å². The predicted molar refractivity (Wildman–Crippen MR) is 83.4 cm³/mol. The molecule has 0 N–H and O–H groups in total. The summed E-state index contributed by atoms with van der Waals surface area (Å²) in [5.74, 6) is 0.598. The van der Waals surface area contributed by atoms with Crippen LogP contribution in [0.2, 0.25) is 0 Å². The Morgan fingerprint density at radius 1 is 0.905 bits per heavy atom. The summed E-state index contributed by atoms with van der Waals surface area (Å²) in [5, 5.41) is 0.858. The van der Waals surface area contributed by atoms with Crippen molar-refractivity contribution in [3.8, 4) is 0 Å². The van der Waals surface area contributed by atoms with E-state index in [-0.39, 0.29) is 40.8 Å². The van der Waals surface area contributed by atoms with Crippen LogP contribution in [0, 0.1) is 5.92 Å². The fraction of sp³-hybridized carbons (Fsp3) is 0.846. The molecule has 0 aromatic carbocycles. The third kappa shape index (κ3) is 11.0. The van der Waals surface area contributed by atoms with Gasteiger partial charge in [-0.05, 0) is 39.0 Å². The van der Waals surface area contributed by atoms with E-state index in [4.69, 9.17) is 34.7 Å². The van der Waals surface area contributed by atoms with Crippen molar-refractivity contribution in [3.05, 3.63) is 0 Å². The molecule has 8 heteroatoms. The van der Waals surface area contributed by atoms with Crippen LogP contribution in [0.25, 0.3) is 0 Å². The summed E-state index contributed by atoms with van der Waals surface area (Å²) in [6.45, 7) is 7.78. The summed E-state index contributed by atoms with van der Waals surface area (Å²) < 4.78 is 10.1. The Morgan fingerprint density at radius 3 is 2.14 bits per heavy atom. The van der Waals surface area contributed by atoms with Gasteiger partial charge in [0.2, 0.25) is 0 Å². The standard InChI is InChI=1S/C7H13NOS.C6H11NOS.2Re/c1-5-3-4-9-7(10)8-6(5)2;1-5-3-2-4-8-6(9)7-5;;/h5-6H,3-4H2,1-2H3,(H,8,10);5H,2-4H2,1H3,(H,7,9);;/p-2. The summed E-state index contributed by atoms with van der Waals surface area (Å²) in [7, 11) is 0. The maximum atomic E-state index is 5.11. The first-order chi connectivity index (χ1) is 8.99. The summed E-state index contributed by atoms with van der Waals surface area (Å²) in [5.41, 5.74) is 0. The number of nitrogens with zero attached hydrogens (tertiary/aromatic N) is 2. The molecule has 0 saturated carbocycles. The molecule has 2 aliphatic heterocycles. The van der Waals surface area contributed by atoms with Crippen molar-refractivity contribution in [1.29, 1.82) is 0 Å². The minimum absolute atomic E-state index is 0. The normalized spacial score (nSPS) is 28.2. The zero-order valence-corrected chi connectivity index (χ0v) is 19.6. The van der Waals surface area contributed by atoms with Crippen LogP contribution in [0.4, 0.5) is 0 Å². The Bertz CT molecular complexity index is 344. The SMILES string of the molecule is CC1CCCOC([S-])=N1.CC1CCOC([S-])=NC1C.[Re].[Re]. The van der Waals surface area contributed by atoms with Gasteiger partial charge in [0.05, 0.1) is 29.7 Å². The minimum Gasteiger partial charge on any atom is -0.722 e. The van der Waals surface area contributed by atoms with Gasteiger partial charge in [0.15, 0.2) is 0 Å². The largest absolute Gasteiger partial charge is 0.722 e. The summed E-state index contributed by atoms with van der Waals surface area (Å²) in [6, 6.07) is 0.690. The Labute approximate surface area is 166 Å². The van der Waals surface area contributed by atoms with Gasteiger partial charge in [-0.15, -0.1) is 0 Å².